The molecule has 0 saturated heterocycles. The number of carbonyl (C=O) groups excluding carboxylic acids is 1. The summed E-state index contributed by atoms with van der Waals surface area (Å²) < 4.78 is 25.5. The number of aryl methyl sites for hydroxylation is 1. The van der Waals surface area contributed by atoms with Gasteiger partial charge in [-0.3, -0.25) is 4.79 Å². The summed E-state index contributed by atoms with van der Waals surface area (Å²) in [6.45, 7) is 0. The number of hydrogen-bond acceptors (Lipinski definition) is 2. The summed E-state index contributed by atoms with van der Waals surface area (Å²) in [5.41, 5.74) is 2.44. The second-order valence-corrected chi connectivity index (χ2v) is 4.49. The lowest BCUT2D eigenvalue weighted by Crippen LogP contribution is -2.10. The van der Waals surface area contributed by atoms with Gasteiger partial charge in [-0.25, -0.2) is 4.98 Å². The minimum absolute atomic E-state index is 0.187. The lowest BCUT2D eigenvalue weighted by molar-refractivity contribution is -0.116. The van der Waals surface area contributed by atoms with Gasteiger partial charge in [-0.2, -0.15) is 8.78 Å². The first kappa shape index (κ1) is 14.2. The van der Waals surface area contributed by atoms with E-state index in [2.05, 4.69) is 10.3 Å². The van der Waals surface area contributed by atoms with Gasteiger partial charge in [0.2, 0.25) is 5.91 Å². The summed E-state index contributed by atoms with van der Waals surface area (Å²) in [4.78, 5) is 15.9. The van der Waals surface area contributed by atoms with Gasteiger partial charge in [0, 0.05) is 19.2 Å². The summed E-state index contributed by atoms with van der Waals surface area (Å²) in [6.07, 6.45) is 1.64. The molecule has 2 rings (SSSR count). The molecule has 4 nitrogen and oxygen atoms in total. The van der Waals surface area contributed by atoms with Gasteiger partial charge in [0.25, 0.3) is 6.08 Å². The standard InChI is InChI=1S/C14H15F2N3O/c1-19-9-17-11-8-10(6-7-12(11)19)18-14(20)5-3-2-4-13(15)16/h4,6-9H,2-3,5H2,1H3,(H,18,20). The van der Waals surface area contributed by atoms with Crippen LogP contribution in [0.4, 0.5) is 14.5 Å². The minimum Gasteiger partial charge on any atom is -0.334 e. The number of anilines is 1. The molecule has 1 N–H and O–H groups in total. The zero-order valence-electron chi connectivity index (χ0n) is 11.1. The molecule has 20 heavy (non-hydrogen) atoms. The van der Waals surface area contributed by atoms with Crippen molar-refractivity contribution in [2.45, 2.75) is 19.3 Å². The molecule has 0 aliphatic rings. The van der Waals surface area contributed by atoms with Crippen LogP contribution in [0.3, 0.4) is 0 Å². The Kier molecular flexibility index (Phi) is 4.45. The molecular formula is C14H15F2N3O. The van der Waals surface area contributed by atoms with Crippen molar-refractivity contribution in [1.82, 2.24) is 9.55 Å². The van der Waals surface area contributed by atoms with Crippen molar-refractivity contribution in [3.63, 3.8) is 0 Å². The van der Waals surface area contributed by atoms with Gasteiger partial charge in [0.1, 0.15) is 0 Å². The van der Waals surface area contributed by atoms with E-state index in [0.717, 1.165) is 17.1 Å². The summed E-state index contributed by atoms with van der Waals surface area (Å²) >= 11 is 0. The summed E-state index contributed by atoms with van der Waals surface area (Å²) in [7, 11) is 1.89. The molecule has 0 unspecified atom stereocenters. The van der Waals surface area contributed by atoms with Crippen molar-refractivity contribution in [3.8, 4) is 0 Å². The molecule has 0 aliphatic carbocycles. The fourth-order valence-electron chi connectivity index (χ4n) is 1.91. The summed E-state index contributed by atoms with van der Waals surface area (Å²) in [6, 6.07) is 5.45. The Hall–Kier alpha value is -2.24. The number of nitrogens with one attached hydrogen (secondary N) is 1. The molecular weight excluding hydrogens is 264 g/mol. The highest BCUT2D eigenvalue weighted by atomic mass is 19.3. The first-order valence-corrected chi connectivity index (χ1v) is 6.28. The number of aromatic nitrogens is 2. The average molecular weight is 279 g/mol. The van der Waals surface area contributed by atoms with Crippen LogP contribution in [-0.4, -0.2) is 15.5 Å². The number of hydrogen-bond donors (Lipinski definition) is 1. The van der Waals surface area contributed by atoms with E-state index in [1.165, 1.54) is 0 Å². The van der Waals surface area contributed by atoms with Gasteiger partial charge in [0.05, 0.1) is 17.4 Å². The van der Waals surface area contributed by atoms with Crippen LogP contribution in [0.15, 0.2) is 36.7 Å². The molecule has 1 aromatic heterocycles. The Bertz CT molecular complexity index is 645. The largest absolute Gasteiger partial charge is 0.334 e. The molecule has 0 radical (unpaired) electrons. The van der Waals surface area contributed by atoms with Crippen molar-refractivity contribution in [2.24, 2.45) is 7.05 Å². The van der Waals surface area contributed by atoms with Crippen LogP contribution < -0.4 is 5.32 Å². The molecule has 0 bridgehead atoms. The van der Waals surface area contributed by atoms with Crippen LogP contribution in [0.25, 0.3) is 11.0 Å². The van der Waals surface area contributed by atoms with E-state index in [9.17, 15) is 13.6 Å². The Morgan fingerprint density at radius 1 is 1.45 bits per heavy atom. The minimum atomic E-state index is -1.70. The Labute approximate surface area is 115 Å². The number of carbonyl (C=O) groups is 1. The molecule has 106 valence electrons. The van der Waals surface area contributed by atoms with Crippen LogP contribution in [0.2, 0.25) is 0 Å². The molecule has 1 amide bonds. The molecule has 2 aromatic rings. The second-order valence-electron chi connectivity index (χ2n) is 4.49. The normalized spacial score (nSPS) is 10.6. The topological polar surface area (TPSA) is 46.9 Å². The van der Waals surface area contributed by atoms with Crippen molar-refractivity contribution in [3.05, 3.63) is 36.7 Å². The first-order valence-electron chi connectivity index (χ1n) is 6.28. The smallest absolute Gasteiger partial charge is 0.266 e. The van der Waals surface area contributed by atoms with Crippen LogP contribution >= 0.6 is 0 Å². The van der Waals surface area contributed by atoms with E-state index in [1.54, 1.807) is 18.5 Å². The molecule has 6 heteroatoms. The van der Waals surface area contributed by atoms with Gasteiger partial charge in [-0.1, -0.05) is 0 Å². The maximum atomic E-state index is 11.8. The van der Waals surface area contributed by atoms with Crippen LogP contribution in [-0.2, 0) is 11.8 Å². The van der Waals surface area contributed by atoms with E-state index in [4.69, 9.17) is 0 Å². The number of amides is 1. The maximum Gasteiger partial charge on any atom is 0.266 e. The lowest BCUT2D eigenvalue weighted by atomic mass is 10.2. The summed E-state index contributed by atoms with van der Waals surface area (Å²) in [5.74, 6) is -0.187. The fourth-order valence-corrected chi connectivity index (χ4v) is 1.91. The number of rotatable bonds is 5. The number of halogens is 2. The van der Waals surface area contributed by atoms with Crippen molar-refractivity contribution >= 4 is 22.6 Å². The van der Waals surface area contributed by atoms with E-state index < -0.39 is 6.08 Å². The van der Waals surface area contributed by atoms with Crippen LogP contribution in [0.1, 0.15) is 19.3 Å². The number of nitrogens with zero attached hydrogens (tertiary/aromatic N) is 2. The molecule has 1 heterocycles. The van der Waals surface area contributed by atoms with Gasteiger partial charge in [0.15, 0.2) is 0 Å². The quantitative estimate of drug-likeness (QED) is 0.852. The van der Waals surface area contributed by atoms with E-state index in [1.807, 2.05) is 17.7 Å². The third-order valence-electron chi connectivity index (χ3n) is 2.92. The zero-order valence-corrected chi connectivity index (χ0v) is 11.1. The predicted molar refractivity (Wildman–Crippen MR) is 73.5 cm³/mol. The van der Waals surface area contributed by atoms with Gasteiger partial charge in [-0.05, 0) is 37.1 Å². The maximum absolute atomic E-state index is 11.8. The Balaban J connectivity index is 1.91. The highest BCUT2D eigenvalue weighted by Crippen LogP contribution is 2.17. The first-order chi connectivity index (χ1) is 9.56. The SMILES string of the molecule is Cn1cnc2cc(NC(=O)CCCC=C(F)F)ccc21. The lowest BCUT2D eigenvalue weighted by Gasteiger charge is -2.04. The second kappa shape index (κ2) is 6.27. The zero-order chi connectivity index (χ0) is 14.5. The van der Waals surface area contributed by atoms with E-state index in [0.29, 0.717) is 12.1 Å². The number of unbranched alkanes of at least 4 members (excludes halogenated alkanes) is 1. The van der Waals surface area contributed by atoms with Gasteiger partial charge in [-0.15, -0.1) is 0 Å². The highest BCUT2D eigenvalue weighted by molar-refractivity contribution is 5.93. The Morgan fingerprint density at radius 2 is 2.25 bits per heavy atom. The number of imidazole rings is 1. The van der Waals surface area contributed by atoms with Crippen LogP contribution in [0, 0.1) is 0 Å². The van der Waals surface area contributed by atoms with Crippen molar-refractivity contribution in [2.75, 3.05) is 5.32 Å². The number of benzene rings is 1. The van der Waals surface area contributed by atoms with E-state index >= 15 is 0 Å². The van der Waals surface area contributed by atoms with Gasteiger partial charge < -0.3 is 9.88 Å². The molecule has 0 saturated carbocycles. The fraction of sp³-hybridized carbons (Fsp3) is 0.286. The molecule has 0 fully saturated rings. The average Bonchev–Trinajstić information content (AvgIpc) is 2.76. The molecule has 1 aromatic carbocycles. The molecule has 0 atom stereocenters. The highest BCUT2D eigenvalue weighted by Gasteiger charge is 2.05. The Morgan fingerprint density at radius 3 is 3.00 bits per heavy atom. The monoisotopic (exact) mass is 279 g/mol. The molecule has 0 spiro atoms. The van der Waals surface area contributed by atoms with Crippen LogP contribution in [0.5, 0.6) is 0 Å². The predicted octanol–water partition coefficient (Wildman–Crippen LogP) is 3.46. The number of fused-ring (bicyclic) bond motifs is 1. The third-order valence-corrected chi connectivity index (χ3v) is 2.92. The molecule has 0 aliphatic heterocycles. The third kappa shape index (κ3) is 3.63. The van der Waals surface area contributed by atoms with E-state index in [-0.39, 0.29) is 18.7 Å². The van der Waals surface area contributed by atoms with Crippen molar-refractivity contribution in [1.29, 1.82) is 0 Å². The summed E-state index contributed by atoms with van der Waals surface area (Å²) in [5, 5.41) is 2.74. The van der Waals surface area contributed by atoms with Crippen molar-refractivity contribution < 1.29 is 13.6 Å². The number of allylic oxidation sites excluding steroid dienone is 1. The van der Waals surface area contributed by atoms with Gasteiger partial charge >= 0.3 is 0 Å².